The van der Waals surface area contributed by atoms with Crippen molar-refractivity contribution in [2.45, 2.75) is 6.54 Å². The number of carboxylic acid groups (broad SMARTS) is 1. The van der Waals surface area contributed by atoms with Crippen molar-refractivity contribution >= 4 is 17.7 Å². The monoisotopic (exact) mass is 185 g/mol. The highest BCUT2D eigenvalue weighted by molar-refractivity contribution is 6.30. The van der Waals surface area contributed by atoms with E-state index in [1.54, 1.807) is 24.3 Å². The van der Waals surface area contributed by atoms with E-state index in [0.29, 0.717) is 11.6 Å². The van der Waals surface area contributed by atoms with E-state index in [1.165, 1.54) is 0 Å². The third kappa shape index (κ3) is 2.80. The molecule has 3 nitrogen and oxygen atoms in total. The second-order valence-corrected chi connectivity index (χ2v) is 2.72. The Bertz CT molecular complexity index is 271. The van der Waals surface area contributed by atoms with Crippen molar-refractivity contribution in [1.82, 2.24) is 5.32 Å². The first-order valence-electron chi connectivity index (χ1n) is 3.40. The Morgan fingerprint density at radius 3 is 2.50 bits per heavy atom. The molecular weight excluding hydrogens is 178 g/mol. The SMILES string of the molecule is O=C(O)NCc1ccc(Cl)cc1. The quantitative estimate of drug-likeness (QED) is 0.742. The number of benzene rings is 1. The number of hydrogen-bond donors (Lipinski definition) is 2. The summed E-state index contributed by atoms with van der Waals surface area (Å²) in [5.41, 5.74) is 0.891. The Kier molecular flexibility index (Phi) is 2.94. The predicted octanol–water partition coefficient (Wildman–Crippen LogP) is 2.11. The van der Waals surface area contributed by atoms with E-state index in [9.17, 15) is 4.79 Å². The van der Waals surface area contributed by atoms with Crippen LogP contribution in [0.3, 0.4) is 0 Å². The Labute approximate surface area is 75.0 Å². The molecule has 1 aromatic carbocycles. The molecule has 0 fully saturated rings. The van der Waals surface area contributed by atoms with Crippen molar-refractivity contribution in [2.24, 2.45) is 0 Å². The van der Waals surface area contributed by atoms with E-state index in [2.05, 4.69) is 5.32 Å². The lowest BCUT2D eigenvalue weighted by Gasteiger charge is -2.00. The van der Waals surface area contributed by atoms with Crippen LogP contribution in [-0.4, -0.2) is 11.2 Å². The minimum Gasteiger partial charge on any atom is -0.465 e. The van der Waals surface area contributed by atoms with Gasteiger partial charge in [-0.2, -0.15) is 0 Å². The van der Waals surface area contributed by atoms with Crippen molar-refractivity contribution in [3.63, 3.8) is 0 Å². The fourth-order valence-corrected chi connectivity index (χ4v) is 0.906. The number of carbonyl (C=O) groups is 1. The first kappa shape index (κ1) is 8.87. The highest BCUT2D eigenvalue weighted by Gasteiger charge is 1.95. The Hall–Kier alpha value is -1.22. The van der Waals surface area contributed by atoms with Crippen LogP contribution in [0.2, 0.25) is 5.02 Å². The molecule has 0 heterocycles. The molecule has 1 aromatic rings. The highest BCUT2D eigenvalue weighted by Crippen LogP contribution is 2.08. The van der Waals surface area contributed by atoms with Crippen LogP contribution in [0.15, 0.2) is 24.3 Å². The molecule has 0 spiro atoms. The zero-order valence-electron chi connectivity index (χ0n) is 6.25. The molecule has 4 heteroatoms. The summed E-state index contributed by atoms with van der Waals surface area (Å²) in [6, 6.07) is 7.00. The van der Waals surface area contributed by atoms with Gasteiger partial charge in [0.15, 0.2) is 0 Å². The van der Waals surface area contributed by atoms with Crippen LogP contribution in [0.4, 0.5) is 4.79 Å². The van der Waals surface area contributed by atoms with Crippen LogP contribution >= 0.6 is 11.6 Å². The van der Waals surface area contributed by atoms with Gasteiger partial charge in [-0.1, -0.05) is 23.7 Å². The molecular formula is C8H8ClNO2. The smallest absolute Gasteiger partial charge is 0.404 e. The summed E-state index contributed by atoms with van der Waals surface area (Å²) in [7, 11) is 0. The molecule has 0 aliphatic rings. The molecule has 0 unspecified atom stereocenters. The van der Waals surface area contributed by atoms with Gasteiger partial charge in [-0.25, -0.2) is 4.79 Å². The Balaban J connectivity index is 2.53. The lowest BCUT2D eigenvalue weighted by molar-refractivity contribution is 0.194. The van der Waals surface area contributed by atoms with Crippen molar-refractivity contribution in [1.29, 1.82) is 0 Å². The standard InChI is InChI=1S/C8H8ClNO2/c9-7-3-1-6(2-4-7)5-10-8(11)12/h1-4,10H,5H2,(H,11,12). The van der Waals surface area contributed by atoms with Crippen molar-refractivity contribution in [3.8, 4) is 0 Å². The molecule has 0 saturated heterocycles. The third-order valence-corrected chi connectivity index (χ3v) is 1.61. The van der Waals surface area contributed by atoms with Crippen LogP contribution in [0.25, 0.3) is 0 Å². The van der Waals surface area contributed by atoms with Gasteiger partial charge >= 0.3 is 6.09 Å². The summed E-state index contributed by atoms with van der Waals surface area (Å²) in [6.45, 7) is 0.312. The lowest BCUT2D eigenvalue weighted by atomic mass is 10.2. The van der Waals surface area contributed by atoms with Gasteiger partial charge in [0, 0.05) is 11.6 Å². The fourth-order valence-electron chi connectivity index (χ4n) is 0.780. The van der Waals surface area contributed by atoms with E-state index in [1.807, 2.05) is 0 Å². The normalized spacial score (nSPS) is 9.42. The largest absolute Gasteiger partial charge is 0.465 e. The second kappa shape index (κ2) is 3.97. The molecule has 2 N–H and O–H groups in total. The van der Waals surface area contributed by atoms with E-state index in [-0.39, 0.29) is 0 Å². The van der Waals surface area contributed by atoms with Crippen molar-refractivity contribution in [2.75, 3.05) is 0 Å². The number of halogens is 1. The molecule has 1 rings (SSSR count). The maximum absolute atomic E-state index is 10.1. The molecule has 0 bridgehead atoms. The van der Waals surface area contributed by atoms with Crippen LogP contribution in [0.1, 0.15) is 5.56 Å². The number of nitrogens with one attached hydrogen (secondary N) is 1. The first-order valence-corrected chi connectivity index (χ1v) is 3.77. The van der Waals surface area contributed by atoms with Gasteiger partial charge in [0.05, 0.1) is 0 Å². The van der Waals surface area contributed by atoms with Crippen LogP contribution in [0, 0.1) is 0 Å². The van der Waals surface area contributed by atoms with E-state index in [0.717, 1.165) is 5.56 Å². The molecule has 1 amide bonds. The van der Waals surface area contributed by atoms with Gasteiger partial charge in [-0.3, -0.25) is 0 Å². The van der Waals surface area contributed by atoms with E-state index in [4.69, 9.17) is 16.7 Å². The van der Waals surface area contributed by atoms with Crippen LogP contribution < -0.4 is 5.32 Å². The molecule has 12 heavy (non-hydrogen) atoms. The molecule has 0 aliphatic heterocycles. The number of rotatable bonds is 2. The molecule has 0 radical (unpaired) electrons. The van der Waals surface area contributed by atoms with Gasteiger partial charge in [-0.15, -0.1) is 0 Å². The number of hydrogen-bond acceptors (Lipinski definition) is 1. The summed E-state index contributed by atoms with van der Waals surface area (Å²) < 4.78 is 0. The summed E-state index contributed by atoms with van der Waals surface area (Å²) in [5.74, 6) is 0. The van der Waals surface area contributed by atoms with Gasteiger partial charge in [0.25, 0.3) is 0 Å². The van der Waals surface area contributed by atoms with Crippen LogP contribution in [-0.2, 0) is 6.54 Å². The maximum atomic E-state index is 10.1. The average molecular weight is 186 g/mol. The molecule has 0 atom stereocenters. The molecule has 0 aliphatic carbocycles. The molecule has 0 aromatic heterocycles. The minimum absolute atomic E-state index is 0.312. The van der Waals surface area contributed by atoms with Gasteiger partial charge in [0.2, 0.25) is 0 Å². The second-order valence-electron chi connectivity index (χ2n) is 2.29. The van der Waals surface area contributed by atoms with E-state index < -0.39 is 6.09 Å². The maximum Gasteiger partial charge on any atom is 0.404 e. The topological polar surface area (TPSA) is 49.3 Å². The minimum atomic E-state index is -1.02. The van der Waals surface area contributed by atoms with E-state index >= 15 is 0 Å². The zero-order valence-corrected chi connectivity index (χ0v) is 7.01. The lowest BCUT2D eigenvalue weighted by Crippen LogP contribution is -2.19. The summed E-state index contributed by atoms with van der Waals surface area (Å²) in [6.07, 6.45) is -1.02. The average Bonchev–Trinajstić information content (AvgIpc) is 2.03. The molecule has 64 valence electrons. The van der Waals surface area contributed by atoms with Crippen LogP contribution in [0.5, 0.6) is 0 Å². The Morgan fingerprint density at radius 1 is 1.42 bits per heavy atom. The molecule has 0 saturated carbocycles. The third-order valence-electron chi connectivity index (χ3n) is 1.36. The van der Waals surface area contributed by atoms with Crippen molar-refractivity contribution in [3.05, 3.63) is 34.9 Å². The predicted molar refractivity (Wildman–Crippen MR) is 46.3 cm³/mol. The fraction of sp³-hybridized carbons (Fsp3) is 0.125. The summed E-state index contributed by atoms with van der Waals surface area (Å²) in [4.78, 5) is 10.1. The highest BCUT2D eigenvalue weighted by atomic mass is 35.5. The summed E-state index contributed by atoms with van der Waals surface area (Å²) >= 11 is 5.64. The Morgan fingerprint density at radius 2 is 2.00 bits per heavy atom. The van der Waals surface area contributed by atoms with Gasteiger partial charge < -0.3 is 10.4 Å². The van der Waals surface area contributed by atoms with Crippen molar-refractivity contribution < 1.29 is 9.90 Å². The van der Waals surface area contributed by atoms with Gasteiger partial charge in [0.1, 0.15) is 0 Å². The first-order chi connectivity index (χ1) is 5.68. The van der Waals surface area contributed by atoms with Gasteiger partial charge in [-0.05, 0) is 17.7 Å². The summed E-state index contributed by atoms with van der Waals surface area (Å²) in [5, 5.41) is 11.2. The number of amides is 1. The zero-order chi connectivity index (χ0) is 8.97.